The van der Waals surface area contributed by atoms with E-state index in [1.165, 1.54) is 6.07 Å². The van der Waals surface area contributed by atoms with E-state index in [1.807, 2.05) is 60.7 Å². The Balaban J connectivity index is 1.53. The van der Waals surface area contributed by atoms with Crippen molar-refractivity contribution in [3.8, 4) is 5.75 Å². The molecule has 0 radical (unpaired) electrons. The van der Waals surface area contributed by atoms with Crippen molar-refractivity contribution >= 4 is 33.4 Å². The third-order valence-corrected chi connectivity index (χ3v) is 9.40. The molecule has 0 amide bonds. The first-order valence-electron chi connectivity index (χ1n) is 15.6. The zero-order valence-electron chi connectivity index (χ0n) is 27.2. The molecule has 0 heterocycles. The van der Waals surface area contributed by atoms with Gasteiger partial charge in [-0.2, -0.15) is 13.2 Å². The van der Waals surface area contributed by atoms with E-state index in [2.05, 4.69) is 5.32 Å². The van der Waals surface area contributed by atoms with E-state index < -0.39 is 62.4 Å². The summed E-state index contributed by atoms with van der Waals surface area (Å²) in [5, 5.41) is 11.7. The molecule has 0 bridgehead atoms. The number of aliphatic carboxylic acids is 1. The van der Waals surface area contributed by atoms with Crippen molar-refractivity contribution in [1.82, 2.24) is 5.32 Å². The average Bonchev–Trinajstić information content (AvgIpc) is 3.07. The number of alkyl halides is 3. The Morgan fingerprint density at radius 1 is 0.941 bits per heavy atom. The van der Waals surface area contributed by atoms with Gasteiger partial charge in [-0.25, -0.2) is 22.4 Å². The van der Waals surface area contributed by atoms with Crippen LogP contribution in [0.3, 0.4) is 0 Å². The Labute approximate surface area is 297 Å². The molecule has 0 saturated heterocycles. The summed E-state index contributed by atoms with van der Waals surface area (Å²) in [5.74, 6) is -3.94. The Kier molecular flexibility index (Phi) is 13.4. The summed E-state index contributed by atoms with van der Waals surface area (Å²) < 4.78 is 91.8. The van der Waals surface area contributed by atoms with Crippen molar-refractivity contribution in [2.24, 2.45) is 0 Å². The third-order valence-electron chi connectivity index (χ3n) is 7.79. The Morgan fingerprint density at radius 2 is 1.57 bits per heavy atom. The topological polar surface area (TPSA) is 119 Å². The van der Waals surface area contributed by atoms with Crippen LogP contribution in [-0.2, 0) is 43.4 Å². The highest BCUT2D eigenvalue weighted by Crippen LogP contribution is 2.38. The van der Waals surface area contributed by atoms with Crippen molar-refractivity contribution in [3.63, 3.8) is 0 Å². The van der Waals surface area contributed by atoms with E-state index in [0.29, 0.717) is 30.7 Å². The number of hydrogen-bond acceptors (Lipinski definition) is 7. The lowest BCUT2D eigenvalue weighted by Gasteiger charge is -2.30. The lowest BCUT2D eigenvalue weighted by Crippen LogP contribution is -2.38. The maximum absolute atomic E-state index is 15.1. The van der Waals surface area contributed by atoms with Crippen molar-refractivity contribution in [1.29, 1.82) is 0 Å². The molecule has 1 atom stereocenters. The van der Waals surface area contributed by atoms with E-state index in [4.69, 9.17) is 26.2 Å². The van der Waals surface area contributed by atoms with Crippen LogP contribution in [0.4, 0.5) is 17.6 Å². The van der Waals surface area contributed by atoms with E-state index in [9.17, 15) is 31.2 Å². The molecule has 0 fully saturated rings. The zero-order chi connectivity index (χ0) is 37.2. The van der Waals surface area contributed by atoms with Gasteiger partial charge in [-0.3, -0.25) is 0 Å². The SMILES string of the molecule is CS(=O)(=O)c1cc(OCCCNC(Cc2cccc(C(F)(F)F)c2Cl)C(c2ccccc2)c2ccccc2)cc(F)c1COC(=O)/C=C/C(=O)O. The molecule has 4 aromatic carbocycles. The number of benzene rings is 4. The lowest BCUT2D eigenvalue weighted by molar-refractivity contribution is -0.140. The van der Waals surface area contributed by atoms with Crippen LogP contribution in [0.25, 0.3) is 0 Å². The van der Waals surface area contributed by atoms with Gasteiger partial charge in [0.05, 0.1) is 22.1 Å². The minimum Gasteiger partial charge on any atom is -0.493 e. The van der Waals surface area contributed by atoms with Gasteiger partial charge in [0.15, 0.2) is 9.84 Å². The van der Waals surface area contributed by atoms with Crippen LogP contribution in [-0.4, -0.2) is 50.9 Å². The second-order valence-corrected chi connectivity index (χ2v) is 13.8. The fraction of sp³-hybridized carbons (Fsp3) is 0.243. The number of hydrogen-bond donors (Lipinski definition) is 2. The molecule has 8 nitrogen and oxygen atoms in total. The second kappa shape index (κ2) is 17.5. The van der Waals surface area contributed by atoms with E-state index >= 15 is 4.39 Å². The first-order valence-corrected chi connectivity index (χ1v) is 17.8. The number of halogens is 5. The molecule has 1 unspecified atom stereocenters. The fourth-order valence-corrected chi connectivity index (χ4v) is 6.75. The molecule has 0 saturated carbocycles. The summed E-state index contributed by atoms with van der Waals surface area (Å²) in [6, 6.07) is 24.4. The zero-order valence-corrected chi connectivity index (χ0v) is 28.8. The summed E-state index contributed by atoms with van der Waals surface area (Å²) >= 11 is 6.33. The summed E-state index contributed by atoms with van der Waals surface area (Å²) in [6.07, 6.45) is -2.20. The number of carboxylic acids is 1. The molecular weight excluding hydrogens is 714 g/mol. The number of carboxylic acid groups (broad SMARTS) is 1. The van der Waals surface area contributed by atoms with Gasteiger partial charge in [0, 0.05) is 42.0 Å². The molecule has 0 spiro atoms. The molecule has 4 aromatic rings. The van der Waals surface area contributed by atoms with Gasteiger partial charge in [-0.1, -0.05) is 84.4 Å². The standard InChI is InChI=1S/C37H34ClF4NO7S/c1-51(47,48)32-22-27(21-30(39)28(32)23-50-34(46)17-16-33(44)45)49-19-9-18-43-31(20-26-14-8-15-29(36(26)38)37(40,41)42)35(24-10-4-2-5-11-24)25-12-6-3-7-13-25/h2-8,10-17,21-22,31,35,43H,9,18-20,23H2,1H3,(H,44,45)/b17-16+. The van der Waals surface area contributed by atoms with Crippen LogP contribution in [0.1, 0.15) is 40.2 Å². The Hall–Kier alpha value is -4.72. The molecule has 0 aliphatic heterocycles. The quantitative estimate of drug-likeness (QED) is 0.0528. The highest BCUT2D eigenvalue weighted by molar-refractivity contribution is 7.90. The van der Waals surface area contributed by atoms with Gasteiger partial charge >= 0.3 is 18.1 Å². The van der Waals surface area contributed by atoms with Crippen molar-refractivity contribution in [2.75, 3.05) is 19.4 Å². The molecule has 270 valence electrons. The third kappa shape index (κ3) is 11.1. The van der Waals surface area contributed by atoms with E-state index in [0.717, 1.165) is 35.6 Å². The molecule has 51 heavy (non-hydrogen) atoms. The van der Waals surface area contributed by atoms with Crippen LogP contribution in [0.15, 0.2) is 108 Å². The number of sulfone groups is 1. The smallest absolute Gasteiger partial charge is 0.417 e. The number of esters is 1. The van der Waals surface area contributed by atoms with Gasteiger partial charge in [0.2, 0.25) is 0 Å². The molecule has 0 aliphatic rings. The summed E-state index contributed by atoms with van der Waals surface area (Å²) in [6.45, 7) is -0.471. The van der Waals surface area contributed by atoms with Crippen molar-refractivity contribution in [3.05, 3.63) is 142 Å². The minimum atomic E-state index is -4.63. The van der Waals surface area contributed by atoms with Crippen LogP contribution >= 0.6 is 11.6 Å². The number of carbonyl (C=O) groups is 2. The largest absolute Gasteiger partial charge is 0.493 e. The van der Waals surface area contributed by atoms with Gasteiger partial charge in [-0.05, 0) is 48.2 Å². The van der Waals surface area contributed by atoms with Gasteiger partial charge in [-0.15, -0.1) is 0 Å². The van der Waals surface area contributed by atoms with Crippen LogP contribution in [0.5, 0.6) is 5.75 Å². The number of rotatable bonds is 16. The maximum atomic E-state index is 15.1. The molecular formula is C37H34ClF4NO7S. The highest BCUT2D eigenvalue weighted by atomic mass is 35.5. The first-order chi connectivity index (χ1) is 24.1. The Bertz CT molecular complexity index is 1920. The predicted molar refractivity (Wildman–Crippen MR) is 183 cm³/mol. The summed E-state index contributed by atoms with van der Waals surface area (Å²) in [7, 11) is -4.02. The number of nitrogens with one attached hydrogen (secondary N) is 1. The molecule has 0 aliphatic carbocycles. The molecule has 14 heteroatoms. The minimum absolute atomic E-state index is 0.00231. The number of carbonyl (C=O) groups excluding carboxylic acids is 1. The van der Waals surface area contributed by atoms with Gasteiger partial charge < -0.3 is 19.9 Å². The number of ether oxygens (including phenoxy) is 2. The molecule has 4 rings (SSSR count). The van der Waals surface area contributed by atoms with Gasteiger partial charge in [0.1, 0.15) is 18.2 Å². The van der Waals surface area contributed by atoms with Crippen LogP contribution in [0.2, 0.25) is 5.02 Å². The molecule has 0 aromatic heterocycles. The van der Waals surface area contributed by atoms with E-state index in [1.54, 1.807) is 6.07 Å². The normalized spacial score (nSPS) is 12.6. The predicted octanol–water partition coefficient (Wildman–Crippen LogP) is 7.39. The molecule has 2 N–H and O–H groups in total. The summed E-state index contributed by atoms with van der Waals surface area (Å²) in [4.78, 5) is 21.9. The second-order valence-electron chi connectivity index (χ2n) is 11.5. The van der Waals surface area contributed by atoms with E-state index in [-0.39, 0.29) is 29.7 Å². The monoisotopic (exact) mass is 747 g/mol. The van der Waals surface area contributed by atoms with Crippen molar-refractivity contribution < 1.29 is 50.1 Å². The maximum Gasteiger partial charge on any atom is 0.417 e. The summed E-state index contributed by atoms with van der Waals surface area (Å²) in [5.41, 5.74) is 0.794. The van der Waals surface area contributed by atoms with Crippen molar-refractivity contribution in [2.45, 2.75) is 42.5 Å². The van der Waals surface area contributed by atoms with Crippen LogP contribution in [0, 0.1) is 5.82 Å². The van der Waals surface area contributed by atoms with Crippen LogP contribution < -0.4 is 10.1 Å². The highest BCUT2D eigenvalue weighted by Gasteiger charge is 2.35. The Morgan fingerprint density at radius 3 is 2.14 bits per heavy atom. The first kappa shape index (κ1) is 39.1. The fourth-order valence-electron chi connectivity index (χ4n) is 5.50. The average molecular weight is 748 g/mol. The lowest BCUT2D eigenvalue weighted by atomic mass is 9.82. The van der Waals surface area contributed by atoms with Gasteiger partial charge in [0.25, 0.3) is 0 Å².